The Morgan fingerprint density at radius 3 is 2.65 bits per heavy atom. The first-order chi connectivity index (χ1) is 9.78. The molecule has 2 unspecified atom stereocenters. The minimum Gasteiger partial charge on any atom is -0.497 e. The maximum atomic E-state index is 9.61. The van der Waals surface area contributed by atoms with Crippen LogP contribution in [0.3, 0.4) is 0 Å². The van der Waals surface area contributed by atoms with Gasteiger partial charge in [-0.1, -0.05) is 6.42 Å². The van der Waals surface area contributed by atoms with E-state index in [4.69, 9.17) is 9.47 Å². The highest BCUT2D eigenvalue weighted by atomic mass is 16.5. The maximum absolute atomic E-state index is 9.61. The highest BCUT2D eigenvalue weighted by Crippen LogP contribution is 2.23. The number of hydrogen-bond donors (Lipinski definition) is 2. The summed E-state index contributed by atoms with van der Waals surface area (Å²) in [5.74, 6) is 2.31. The van der Waals surface area contributed by atoms with Gasteiger partial charge in [-0.05, 0) is 56.0 Å². The summed E-state index contributed by atoms with van der Waals surface area (Å²) >= 11 is 0. The van der Waals surface area contributed by atoms with Gasteiger partial charge in [-0.2, -0.15) is 0 Å². The zero-order chi connectivity index (χ0) is 14.2. The molecule has 0 spiro atoms. The number of aliphatic hydroxyl groups excluding tert-OH is 1. The number of rotatable bonds is 7. The zero-order valence-corrected chi connectivity index (χ0v) is 12.2. The minimum absolute atomic E-state index is 0.0916. The average Bonchev–Trinajstić information content (AvgIpc) is 2.48. The normalized spacial score (nSPS) is 22.5. The van der Waals surface area contributed by atoms with Gasteiger partial charge in [0.2, 0.25) is 0 Å². The first kappa shape index (κ1) is 15.1. The van der Waals surface area contributed by atoms with Crippen molar-refractivity contribution in [3.63, 3.8) is 0 Å². The fourth-order valence-electron chi connectivity index (χ4n) is 2.67. The summed E-state index contributed by atoms with van der Waals surface area (Å²) in [6.07, 6.45) is 4.19. The number of methoxy groups -OCH3 is 1. The van der Waals surface area contributed by atoms with Crippen LogP contribution in [0.25, 0.3) is 0 Å². The van der Waals surface area contributed by atoms with Crippen LogP contribution in [0.4, 0.5) is 0 Å². The molecule has 2 atom stereocenters. The molecule has 0 amide bonds. The van der Waals surface area contributed by atoms with Crippen molar-refractivity contribution in [2.75, 3.05) is 26.8 Å². The van der Waals surface area contributed by atoms with Crippen molar-refractivity contribution in [3.8, 4) is 11.5 Å². The summed E-state index contributed by atoms with van der Waals surface area (Å²) < 4.78 is 10.7. The van der Waals surface area contributed by atoms with E-state index in [0.29, 0.717) is 12.5 Å². The number of ether oxygens (including phenoxy) is 2. The molecular formula is C16H25NO3. The molecule has 0 saturated heterocycles. The summed E-state index contributed by atoms with van der Waals surface area (Å²) in [7, 11) is 1.65. The van der Waals surface area contributed by atoms with Crippen molar-refractivity contribution in [1.29, 1.82) is 0 Å². The lowest BCUT2D eigenvalue weighted by atomic mass is 9.87. The molecule has 1 saturated carbocycles. The number of hydrogen-bond acceptors (Lipinski definition) is 4. The van der Waals surface area contributed by atoms with Crippen LogP contribution in [-0.2, 0) is 0 Å². The first-order valence-electron chi connectivity index (χ1n) is 7.43. The van der Waals surface area contributed by atoms with Crippen LogP contribution in [0.15, 0.2) is 24.3 Å². The van der Waals surface area contributed by atoms with Gasteiger partial charge in [0.05, 0.1) is 13.2 Å². The molecule has 0 bridgehead atoms. The molecule has 1 aromatic carbocycles. The van der Waals surface area contributed by atoms with Crippen molar-refractivity contribution in [3.05, 3.63) is 24.3 Å². The van der Waals surface area contributed by atoms with Crippen LogP contribution in [0.2, 0.25) is 0 Å². The second-order valence-electron chi connectivity index (χ2n) is 5.41. The van der Waals surface area contributed by atoms with E-state index < -0.39 is 0 Å². The summed E-state index contributed by atoms with van der Waals surface area (Å²) in [5.41, 5.74) is 0. The molecule has 2 rings (SSSR count). The number of benzene rings is 1. The lowest BCUT2D eigenvalue weighted by Crippen LogP contribution is -2.31. The standard InChI is InChI=1S/C16H25NO3/c1-19-15-5-7-16(8-6-15)20-10-9-17-12-13-3-2-4-14(18)11-13/h5-8,13-14,17-18H,2-4,9-12H2,1H3. The molecule has 2 N–H and O–H groups in total. The largest absolute Gasteiger partial charge is 0.497 e. The van der Waals surface area contributed by atoms with Crippen molar-refractivity contribution < 1.29 is 14.6 Å². The predicted molar refractivity (Wildman–Crippen MR) is 79.3 cm³/mol. The van der Waals surface area contributed by atoms with Crippen LogP contribution in [0.5, 0.6) is 11.5 Å². The molecule has 0 aliphatic heterocycles. The molecule has 1 aliphatic carbocycles. The number of nitrogens with one attached hydrogen (secondary N) is 1. The number of aliphatic hydroxyl groups is 1. The summed E-state index contributed by atoms with van der Waals surface area (Å²) in [5, 5.41) is 13.0. The van der Waals surface area contributed by atoms with Gasteiger partial charge in [0.15, 0.2) is 0 Å². The Labute approximate surface area is 121 Å². The van der Waals surface area contributed by atoms with Gasteiger partial charge in [0.1, 0.15) is 18.1 Å². The van der Waals surface area contributed by atoms with Crippen LogP contribution in [0, 0.1) is 5.92 Å². The highest BCUT2D eigenvalue weighted by molar-refractivity contribution is 5.31. The maximum Gasteiger partial charge on any atom is 0.119 e. The molecule has 1 aliphatic rings. The molecule has 112 valence electrons. The molecule has 0 radical (unpaired) electrons. The monoisotopic (exact) mass is 279 g/mol. The Balaban J connectivity index is 1.56. The third-order valence-corrected chi connectivity index (χ3v) is 3.80. The van der Waals surface area contributed by atoms with E-state index in [0.717, 1.165) is 43.9 Å². The lowest BCUT2D eigenvalue weighted by molar-refractivity contribution is 0.100. The minimum atomic E-state index is -0.0916. The molecule has 1 aromatic rings. The van der Waals surface area contributed by atoms with Gasteiger partial charge in [0, 0.05) is 6.54 Å². The van der Waals surface area contributed by atoms with E-state index >= 15 is 0 Å². The smallest absolute Gasteiger partial charge is 0.119 e. The van der Waals surface area contributed by atoms with E-state index in [-0.39, 0.29) is 6.10 Å². The second-order valence-corrected chi connectivity index (χ2v) is 5.41. The van der Waals surface area contributed by atoms with Gasteiger partial charge in [0.25, 0.3) is 0 Å². The van der Waals surface area contributed by atoms with Crippen LogP contribution in [-0.4, -0.2) is 38.0 Å². The summed E-state index contributed by atoms with van der Waals surface area (Å²) in [6, 6.07) is 7.62. The third-order valence-electron chi connectivity index (χ3n) is 3.80. The fourth-order valence-corrected chi connectivity index (χ4v) is 2.67. The van der Waals surface area contributed by atoms with Crippen LogP contribution >= 0.6 is 0 Å². The molecule has 20 heavy (non-hydrogen) atoms. The Morgan fingerprint density at radius 1 is 1.20 bits per heavy atom. The molecule has 0 heterocycles. The van der Waals surface area contributed by atoms with E-state index in [9.17, 15) is 5.11 Å². The van der Waals surface area contributed by atoms with Gasteiger partial charge >= 0.3 is 0 Å². The average molecular weight is 279 g/mol. The Morgan fingerprint density at radius 2 is 1.95 bits per heavy atom. The highest BCUT2D eigenvalue weighted by Gasteiger charge is 2.19. The van der Waals surface area contributed by atoms with Crippen LogP contribution < -0.4 is 14.8 Å². The van der Waals surface area contributed by atoms with Crippen molar-refractivity contribution >= 4 is 0 Å². The van der Waals surface area contributed by atoms with Crippen LogP contribution in [0.1, 0.15) is 25.7 Å². The zero-order valence-electron chi connectivity index (χ0n) is 12.2. The third kappa shape index (κ3) is 5.02. The second kappa shape index (κ2) is 8.12. The lowest BCUT2D eigenvalue weighted by Gasteiger charge is -2.25. The van der Waals surface area contributed by atoms with E-state index in [1.807, 2.05) is 24.3 Å². The van der Waals surface area contributed by atoms with E-state index in [1.54, 1.807) is 7.11 Å². The Hall–Kier alpha value is -1.26. The molecule has 4 heteroatoms. The van der Waals surface area contributed by atoms with Gasteiger partial charge in [-0.3, -0.25) is 0 Å². The molecule has 4 nitrogen and oxygen atoms in total. The molecular weight excluding hydrogens is 254 g/mol. The van der Waals surface area contributed by atoms with E-state index in [2.05, 4.69) is 5.32 Å². The van der Waals surface area contributed by atoms with E-state index in [1.165, 1.54) is 6.42 Å². The molecule has 1 fully saturated rings. The van der Waals surface area contributed by atoms with Gasteiger partial charge < -0.3 is 19.9 Å². The predicted octanol–water partition coefficient (Wildman–Crippen LogP) is 2.21. The fraction of sp³-hybridized carbons (Fsp3) is 0.625. The van der Waals surface area contributed by atoms with Crippen molar-refractivity contribution in [2.45, 2.75) is 31.8 Å². The van der Waals surface area contributed by atoms with Crippen molar-refractivity contribution in [1.82, 2.24) is 5.32 Å². The van der Waals surface area contributed by atoms with Crippen molar-refractivity contribution in [2.24, 2.45) is 5.92 Å². The SMILES string of the molecule is COc1ccc(OCCNCC2CCCC(O)C2)cc1. The summed E-state index contributed by atoms with van der Waals surface area (Å²) in [6.45, 7) is 2.46. The van der Waals surface area contributed by atoms with Gasteiger partial charge in [-0.25, -0.2) is 0 Å². The first-order valence-corrected chi connectivity index (χ1v) is 7.43. The topological polar surface area (TPSA) is 50.7 Å². The Bertz CT molecular complexity index is 380. The molecule has 0 aromatic heterocycles. The Kier molecular flexibility index (Phi) is 6.15. The van der Waals surface area contributed by atoms with Gasteiger partial charge in [-0.15, -0.1) is 0 Å². The summed E-state index contributed by atoms with van der Waals surface area (Å²) in [4.78, 5) is 0. The quantitative estimate of drug-likeness (QED) is 0.751.